The van der Waals surface area contributed by atoms with E-state index < -0.39 is 0 Å². The number of amides is 1. The molecule has 0 radical (unpaired) electrons. The lowest BCUT2D eigenvalue weighted by atomic mass is 9.88. The lowest BCUT2D eigenvalue weighted by molar-refractivity contribution is -0.121. The van der Waals surface area contributed by atoms with Crippen LogP contribution >= 0.6 is 23.1 Å². The molecule has 1 aliphatic heterocycles. The van der Waals surface area contributed by atoms with E-state index in [1.54, 1.807) is 11.3 Å². The number of rotatable bonds is 7. The first-order chi connectivity index (χ1) is 14.5. The summed E-state index contributed by atoms with van der Waals surface area (Å²) in [6.45, 7) is 17.7. The summed E-state index contributed by atoms with van der Waals surface area (Å²) in [7, 11) is 0. The summed E-state index contributed by atoms with van der Waals surface area (Å²) in [6.07, 6.45) is 1.28. The standard InChI is InChI=1S/C23H36N4O2S2/c1-13-8-14(2)10-27(9-13)23(6,7)12-24-20(28)17(5)30-11-18-25-21(29)19-15(3)16(4)31-22(19)26-18/h13-14,17H,8-12H2,1-7H3,(H,24,28)(H,25,26,29). The minimum Gasteiger partial charge on any atom is -0.353 e. The van der Waals surface area contributed by atoms with Crippen molar-refractivity contribution in [2.75, 3.05) is 19.6 Å². The highest BCUT2D eigenvalue weighted by Crippen LogP contribution is 2.28. The van der Waals surface area contributed by atoms with Crippen molar-refractivity contribution in [3.63, 3.8) is 0 Å². The number of H-pyrrole nitrogens is 1. The lowest BCUT2D eigenvalue weighted by Gasteiger charge is -2.45. The molecule has 8 heteroatoms. The molecule has 1 fully saturated rings. The van der Waals surface area contributed by atoms with Crippen molar-refractivity contribution in [1.82, 2.24) is 20.2 Å². The zero-order valence-electron chi connectivity index (χ0n) is 19.8. The van der Waals surface area contributed by atoms with Crippen molar-refractivity contribution in [3.05, 3.63) is 26.6 Å². The van der Waals surface area contributed by atoms with Crippen LogP contribution in [-0.4, -0.2) is 51.2 Å². The summed E-state index contributed by atoms with van der Waals surface area (Å²) in [5.41, 5.74) is 0.836. The van der Waals surface area contributed by atoms with Gasteiger partial charge in [0.2, 0.25) is 5.91 Å². The number of aromatic nitrogens is 2. The number of aromatic amines is 1. The van der Waals surface area contributed by atoms with E-state index in [1.165, 1.54) is 18.2 Å². The summed E-state index contributed by atoms with van der Waals surface area (Å²) in [6, 6.07) is 0. The summed E-state index contributed by atoms with van der Waals surface area (Å²) in [5.74, 6) is 2.54. The van der Waals surface area contributed by atoms with E-state index in [2.05, 4.69) is 47.9 Å². The fourth-order valence-electron chi connectivity index (χ4n) is 4.36. The van der Waals surface area contributed by atoms with Crippen molar-refractivity contribution in [2.45, 2.75) is 71.4 Å². The highest BCUT2D eigenvalue weighted by molar-refractivity contribution is 7.99. The Balaban J connectivity index is 1.55. The molecule has 3 heterocycles. The van der Waals surface area contributed by atoms with Crippen molar-refractivity contribution in [1.29, 1.82) is 0 Å². The zero-order chi connectivity index (χ0) is 22.9. The second-order valence-corrected chi connectivity index (χ2v) is 12.3. The Labute approximate surface area is 193 Å². The first-order valence-corrected chi connectivity index (χ1v) is 13.0. The smallest absolute Gasteiger partial charge is 0.259 e. The molecule has 31 heavy (non-hydrogen) atoms. The summed E-state index contributed by atoms with van der Waals surface area (Å²) in [4.78, 5) is 37.1. The Kier molecular flexibility index (Phi) is 7.54. The lowest BCUT2D eigenvalue weighted by Crippen LogP contribution is -2.56. The average molecular weight is 465 g/mol. The number of carbonyl (C=O) groups excluding carboxylic acids is 1. The number of thiophene rings is 1. The molecule has 2 aromatic heterocycles. The second kappa shape index (κ2) is 9.63. The Bertz CT molecular complexity index is 987. The number of carbonyl (C=O) groups is 1. The van der Waals surface area contributed by atoms with Gasteiger partial charge in [-0.25, -0.2) is 4.98 Å². The highest BCUT2D eigenvalue weighted by Gasteiger charge is 2.33. The van der Waals surface area contributed by atoms with Gasteiger partial charge in [-0.05, 0) is 58.4 Å². The molecule has 1 amide bonds. The first-order valence-electron chi connectivity index (χ1n) is 11.1. The fourth-order valence-corrected chi connectivity index (χ4v) is 6.19. The van der Waals surface area contributed by atoms with Crippen LogP contribution in [-0.2, 0) is 10.5 Å². The molecule has 3 rings (SSSR count). The third-order valence-corrected chi connectivity index (χ3v) is 8.60. The van der Waals surface area contributed by atoms with Gasteiger partial charge in [-0.1, -0.05) is 13.8 Å². The van der Waals surface area contributed by atoms with Crippen LogP contribution in [0.15, 0.2) is 4.79 Å². The number of hydrogen-bond donors (Lipinski definition) is 2. The van der Waals surface area contributed by atoms with E-state index in [0.717, 1.165) is 28.4 Å². The van der Waals surface area contributed by atoms with Crippen LogP contribution < -0.4 is 10.9 Å². The predicted molar refractivity (Wildman–Crippen MR) is 132 cm³/mol. The van der Waals surface area contributed by atoms with Gasteiger partial charge in [-0.3, -0.25) is 14.5 Å². The molecule has 172 valence electrons. The van der Waals surface area contributed by atoms with E-state index >= 15 is 0 Å². The second-order valence-electron chi connectivity index (χ2n) is 9.81. The van der Waals surface area contributed by atoms with Gasteiger partial charge >= 0.3 is 0 Å². The van der Waals surface area contributed by atoms with E-state index in [0.29, 0.717) is 35.3 Å². The molecule has 0 aromatic carbocycles. The largest absolute Gasteiger partial charge is 0.353 e. The van der Waals surface area contributed by atoms with Crippen LogP contribution in [0.5, 0.6) is 0 Å². The van der Waals surface area contributed by atoms with Gasteiger partial charge in [-0.2, -0.15) is 0 Å². The minimum atomic E-state index is -0.220. The Hall–Kier alpha value is -1.38. The molecule has 0 bridgehead atoms. The molecular weight excluding hydrogens is 428 g/mol. The SMILES string of the molecule is Cc1sc2nc(CSC(C)C(=O)NCC(C)(C)N3CC(C)CC(C)C3)[nH]c(=O)c2c1C. The van der Waals surface area contributed by atoms with Crippen LogP contribution in [0.2, 0.25) is 0 Å². The highest BCUT2D eigenvalue weighted by atomic mass is 32.2. The minimum absolute atomic E-state index is 0.0300. The van der Waals surface area contributed by atoms with E-state index in [-0.39, 0.29) is 22.3 Å². The van der Waals surface area contributed by atoms with Gasteiger partial charge in [0, 0.05) is 30.1 Å². The number of thioether (sulfide) groups is 1. The number of nitrogens with zero attached hydrogens (tertiary/aromatic N) is 2. The third-order valence-electron chi connectivity index (χ3n) is 6.35. The number of hydrogen-bond acceptors (Lipinski definition) is 6. The van der Waals surface area contributed by atoms with E-state index in [1.807, 2.05) is 20.8 Å². The van der Waals surface area contributed by atoms with Gasteiger partial charge in [0.25, 0.3) is 5.56 Å². The molecule has 6 nitrogen and oxygen atoms in total. The van der Waals surface area contributed by atoms with Gasteiger partial charge < -0.3 is 10.3 Å². The topological polar surface area (TPSA) is 78.1 Å². The maximum atomic E-state index is 12.7. The third kappa shape index (κ3) is 5.71. The number of aryl methyl sites for hydroxylation is 2. The molecule has 3 unspecified atom stereocenters. The van der Waals surface area contributed by atoms with Gasteiger partial charge in [-0.15, -0.1) is 23.1 Å². The normalized spacial score (nSPS) is 21.4. The van der Waals surface area contributed by atoms with Crippen LogP contribution in [0.25, 0.3) is 10.2 Å². The van der Waals surface area contributed by atoms with E-state index in [9.17, 15) is 9.59 Å². The van der Waals surface area contributed by atoms with Crippen molar-refractivity contribution in [3.8, 4) is 0 Å². The zero-order valence-corrected chi connectivity index (χ0v) is 21.4. The number of likely N-dealkylation sites (tertiary alicyclic amines) is 1. The van der Waals surface area contributed by atoms with Crippen LogP contribution in [0.4, 0.5) is 0 Å². The van der Waals surface area contributed by atoms with Crippen LogP contribution in [0.1, 0.15) is 57.3 Å². The Morgan fingerprint density at radius 2 is 1.97 bits per heavy atom. The Morgan fingerprint density at radius 3 is 2.61 bits per heavy atom. The molecule has 0 spiro atoms. The maximum Gasteiger partial charge on any atom is 0.259 e. The van der Waals surface area contributed by atoms with E-state index in [4.69, 9.17) is 0 Å². The fraction of sp³-hybridized carbons (Fsp3) is 0.696. The molecule has 2 N–H and O–H groups in total. The molecule has 0 aliphatic carbocycles. The molecular formula is C23H36N4O2S2. The molecule has 1 saturated heterocycles. The maximum absolute atomic E-state index is 12.7. The van der Waals surface area contributed by atoms with Gasteiger partial charge in [0.1, 0.15) is 10.7 Å². The van der Waals surface area contributed by atoms with Crippen molar-refractivity contribution >= 4 is 39.2 Å². The summed E-state index contributed by atoms with van der Waals surface area (Å²) in [5, 5.41) is 3.61. The summed E-state index contributed by atoms with van der Waals surface area (Å²) < 4.78 is 0. The monoisotopic (exact) mass is 464 g/mol. The Morgan fingerprint density at radius 1 is 1.32 bits per heavy atom. The number of fused-ring (bicyclic) bond motifs is 1. The van der Waals surface area contributed by atoms with Gasteiger partial charge in [0.15, 0.2) is 0 Å². The number of nitrogens with one attached hydrogen (secondary N) is 2. The molecule has 1 aliphatic rings. The van der Waals surface area contributed by atoms with Crippen LogP contribution in [0, 0.1) is 25.7 Å². The molecule has 3 atom stereocenters. The molecule has 0 saturated carbocycles. The number of piperidine rings is 1. The molecule has 2 aromatic rings. The van der Waals surface area contributed by atoms with Crippen LogP contribution in [0.3, 0.4) is 0 Å². The van der Waals surface area contributed by atoms with Crippen molar-refractivity contribution < 1.29 is 4.79 Å². The van der Waals surface area contributed by atoms with Crippen molar-refractivity contribution in [2.24, 2.45) is 11.8 Å². The quantitative estimate of drug-likeness (QED) is 0.645. The first kappa shape index (κ1) is 24.3. The predicted octanol–water partition coefficient (Wildman–Crippen LogP) is 4.10. The average Bonchev–Trinajstić information content (AvgIpc) is 2.97. The summed E-state index contributed by atoms with van der Waals surface area (Å²) >= 11 is 3.05. The van der Waals surface area contributed by atoms with Gasteiger partial charge in [0.05, 0.1) is 16.4 Å².